The molecule has 2 aromatic carbocycles. The van der Waals surface area contributed by atoms with Crippen molar-refractivity contribution in [3.63, 3.8) is 0 Å². The zero-order valence-electron chi connectivity index (χ0n) is 13.5. The average molecular weight is 444 g/mol. The molecule has 0 heterocycles. The van der Waals surface area contributed by atoms with Crippen molar-refractivity contribution in [3.05, 3.63) is 59.9 Å². The molecular formula is C16H19FKO7PS. The molecule has 2 N–H and O–H groups in total. The van der Waals surface area contributed by atoms with Gasteiger partial charge in [-0.3, -0.25) is 13.6 Å². The van der Waals surface area contributed by atoms with E-state index < -0.39 is 29.6 Å². The van der Waals surface area contributed by atoms with Gasteiger partial charge >= 0.3 is 59.6 Å². The number of halogens is 1. The summed E-state index contributed by atoms with van der Waals surface area (Å²) in [5.74, 6) is 0.407. The van der Waals surface area contributed by atoms with Crippen LogP contribution in [-0.4, -0.2) is 74.7 Å². The molecule has 7 nitrogen and oxygen atoms in total. The number of hydrogen-bond acceptors (Lipinski definition) is 5. The monoisotopic (exact) mass is 444 g/mol. The van der Waals surface area contributed by atoms with E-state index in [-0.39, 0.29) is 64.2 Å². The van der Waals surface area contributed by atoms with Gasteiger partial charge in [-0.2, -0.15) is 8.42 Å². The van der Waals surface area contributed by atoms with Gasteiger partial charge in [-0.05, 0) is 49.1 Å². The van der Waals surface area contributed by atoms with E-state index in [1.165, 1.54) is 18.2 Å². The van der Waals surface area contributed by atoms with Crippen molar-refractivity contribution in [1.29, 1.82) is 0 Å². The summed E-state index contributed by atoms with van der Waals surface area (Å²) in [5.41, 5.74) is -0.935. The van der Waals surface area contributed by atoms with Crippen molar-refractivity contribution in [2.24, 2.45) is 0 Å². The second-order valence-corrected chi connectivity index (χ2v) is 7.75. The van der Waals surface area contributed by atoms with Crippen LogP contribution in [0.1, 0.15) is 18.4 Å². The third-order valence-corrected chi connectivity index (χ3v) is 5.05. The van der Waals surface area contributed by atoms with Gasteiger partial charge in [-0.1, -0.05) is 18.2 Å². The zero-order chi connectivity index (χ0) is 19.2. The molecule has 27 heavy (non-hydrogen) atoms. The summed E-state index contributed by atoms with van der Waals surface area (Å²) in [6.07, 6.45) is 0.551. The molecule has 0 bridgehead atoms. The normalized spacial score (nSPS) is 13.4. The molecule has 0 saturated carbocycles. The van der Waals surface area contributed by atoms with Crippen molar-refractivity contribution < 1.29 is 36.1 Å². The number of rotatable bonds is 9. The summed E-state index contributed by atoms with van der Waals surface area (Å²) in [5, 5.41) is 0. The maximum atomic E-state index is 13.2. The molecule has 0 aliphatic rings. The first-order valence-corrected chi connectivity index (χ1v) is 10.4. The Morgan fingerprint density at radius 3 is 2.33 bits per heavy atom. The van der Waals surface area contributed by atoms with E-state index >= 15 is 0 Å². The number of ether oxygens (including phenoxy) is 1. The van der Waals surface area contributed by atoms with Gasteiger partial charge in [-0.25, -0.2) is 4.39 Å². The van der Waals surface area contributed by atoms with Gasteiger partial charge < -0.3 is 9.63 Å². The molecule has 0 aliphatic carbocycles. The van der Waals surface area contributed by atoms with Gasteiger partial charge in [0.25, 0.3) is 10.1 Å². The molecule has 2 aromatic rings. The van der Waals surface area contributed by atoms with Crippen LogP contribution in [0.25, 0.3) is 0 Å². The van der Waals surface area contributed by atoms with Crippen molar-refractivity contribution in [2.75, 3.05) is 0 Å². The molecule has 0 saturated heterocycles. The SMILES string of the molecule is O=[PH](O)OC(CCCc1cccc(Oc2cccc(F)c2)c1)S(=O)(=O)O.[KH]. The molecule has 2 unspecified atom stereocenters. The van der Waals surface area contributed by atoms with Gasteiger partial charge in [0, 0.05) is 6.07 Å². The van der Waals surface area contributed by atoms with Crippen LogP contribution in [-0.2, 0) is 25.6 Å². The van der Waals surface area contributed by atoms with Crippen LogP contribution in [0.3, 0.4) is 0 Å². The van der Waals surface area contributed by atoms with E-state index in [9.17, 15) is 17.4 Å². The van der Waals surface area contributed by atoms with Crippen LogP contribution in [0.15, 0.2) is 48.5 Å². The Morgan fingerprint density at radius 1 is 1.11 bits per heavy atom. The van der Waals surface area contributed by atoms with Crippen LogP contribution in [0.4, 0.5) is 4.39 Å². The van der Waals surface area contributed by atoms with Crippen LogP contribution in [0.5, 0.6) is 11.5 Å². The molecule has 0 radical (unpaired) electrons. The Morgan fingerprint density at radius 2 is 1.74 bits per heavy atom. The van der Waals surface area contributed by atoms with Gasteiger partial charge in [-0.15, -0.1) is 0 Å². The van der Waals surface area contributed by atoms with Gasteiger partial charge in [0.05, 0.1) is 0 Å². The molecule has 0 fully saturated rings. The van der Waals surface area contributed by atoms with Gasteiger partial charge in [0.2, 0.25) is 0 Å². The topological polar surface area (TPSA) is 110 Å². The minimum absolute atomic E-state index is 0. The standard InChI is InChI=1S/C16H18FO7PS.K.H/c17-13-6-3-8-15(11-13)23-14-7-1-4-12(10-14)5-2-9-16(24-25(18)19)26(20,21)22;;/h1,3-4,6-8,10-11,16,25H,2,5,9H2,(H,18,19)(H,20,21,22);;. The third-order valence-electron chi connectivity index (χ3n) is 3.40. The molecular weight excluding hydrogens is 425 g/mol. The maximum absolute atomic E-state index is 13.2. The summed E-state index contributed by atoms with van der Waals surface area (Å²) < 4.78 is 65.1. The fourth-order valence-electron chi connectivity index (χ4n) is 2.29. The molecule has 11 heteroatoms. The molecule has 2 atom stereocenters. The molecule has 0 spiro atoms. The Bertz CT molecular complexity index is 879. The predicted octanol–water partition coefficient (Wildman–Crippen LogP) is 2.90. The van der Waals surface area contributed by atoms with Crippen molar-refractivity contribution in [3.8, 4) is 11.5 Å². The van der Waals surface area contributed by atoms with Crippen molar-refractivity contribution >= 4 is 69.8 Å². The van der Waals surface area contributed by atoms with Crippen molar-refractivity contribution in [1.82, 2.24) is 0 Å². The Hall–Kier alpha value is -0.134. The van der Waals surface area contributed by atoms with Crippen molar-refractivity contribution in [2.45, 2.75) is 24.7 Å². The number of hydrogen-bond donors (Lipinski definition) is 2. The van der Waals surface area contributed by atoms with Crippen LogP contribution in [0, 0.1) is 5.82 Å². The molecule has 0 aliphatic heterocycles. The van der Waals surface area contributed by atoms with Crippen LogP contribution in [0.2, 0.25) is 0 Å². The van der Waals surface area contributed by atoms with E-state index in [1.807, 2.05) is 0 Å². The van der Waals surface area contributed by atoms with Gasteiger partial charge in [0.15, 0.2) is 5.44 Å². The first-order valence-electron chi connectivity index (χ1n) is 7.62. The Balaban J connectivity index is 0.00000364. The van der Waals surface area contributed by atoms with E-state index in [2.05, 4.69) is 4.52 Å². The predicted molar refractivity (Wildman–Crippen MR) is 101 cm³/mol. The quantitative estimate of drug-likeness (QED) is 0.348. The summed E-state index contributed by atoms with van der Waals surface area (Å²) in [6, 6.07) is 12.6. The average Bonchev–Trinajstić information content (AvgIpc) is 2.53. The van der Waals surface area contributed by atoms with E-state index in [0.29, 0.717) is 17.9 Å². The Kier molecular flexibility index (Phi) is 10.9. The van der Waals surface area contributed by atoms with Crippen LogP contribution < -0.4 is 4.74 Å². The molecule has 0 amide bonds. The minimum atomic E-state index is -4.58. The fourth-order valence-corrected chi connectivity index (χ4v) is 3.83. The van der Waals surface area contributed by atoms with E-state index in [0.717, 1.165) is 5.56 Å². The van der Waals surface area contributed by atoms with Crippen LogP contribution >= 0.6 is 8.25 Å². The summed E-state index contributed by atoms with van der Waals surface area (Å²) in [4.78, 5) is 8.70. The fraction of sp³-hybridized carbons (Fsp3) is 0.250. The number of aryl methyl sites for hydroxylation is 1. The van der Waals surface area contributed by atoms with E-state index in [4.69, 9.17) is 14.2 Å². The first kappa shape index (κ1) is 24.9. The summed E-state index contributed by atoms with van der Waals surface area (Å²) >= 11 is 0. The molecule has 0 aromatic heterocycles. The first-order chi connectivity index (χ1) is 12.2. The second kappa shape index (κ2) is 11.8. The Labute approximate surface area is 200 Å². The zero-order valence-corrected chi connectivity index (χ0v) is 15.4. The summed E-state index contributed by atoms with van der Waals surface area (Å²) in [6.45, 7) is 0. The molecule has 144 valence electrons. The number of benzene rings is 2. The second-order valence-electron chi connectivity index (χ2n) is 5.43. The molecule has 2 rings (SSSR count). The van der Waals surface area contributed by atoms with Gasteiger partial charge in [0.1, 0.15) is 17.3 Å². The summed E-state index contributed by atoms with van der Waals surface area (Å²) in [7, 11) is -8.08. The van der Waals surface area contributed by atoms with E-state index in [1.54, 1.807) is 30.3 Å². The third kappa shape index (κ3) is 9.27.